The van der Waals surface area contributed by atoms with Gasteiger partial charge in [-0.1, -0.05) is 19.8 Å². The lowest BCUT2D eigenvalue weighted by molar-refractivity contribution is 0.0785. The number of rotatable bonds is 2. The molecule has 3 rings (SSSR count). The number of hydrogen-bond donors (Lipinski definition) is 1. The van der Waals surface area contributed by atoms with Crippen LogP contribution in [0.3, 0.4) is 0 Å². The Labute approximate surface area is 117 Å². The summed E-state index contributed by atoms with van der Waals surface area (Å²) in [5.41, 5.74) is 0. The van der Waals surface area contributed by atoms with Crippen LogP contribution < -0.4 is 0 Å². The van der Waals surface area contributed by atoms with Crippen molar-refractivity contribution in [2.24, 2.45) is 11.8 Å². The highest BCUT2D eigenvalue weighted by Crippen LogP contribution is 2.40. The summed E-state index contributed by atoms with van der Waals surface area (Å²) < 4.78 is 14.2. The van der Waals surface area contributed by atoms with Gasteiger partial charge in [-0.25, -0.2) is 4.39 Å². The minimum absolute atomic E-state index is 0.210. The molecule has 1 N–H and O–H groups in total. The Kier molecular flexibility index (Phi) is 3.59. The summed E-state index contributed by atoms with van der Waals surface area (Å²) in [5, 5.41) is 11.4. The molecule has 0 bridgehead atoms. The fourth-order valence-electron chi connectivity index (χ4n) is 3.01. The van der Waals surface area contributed by atoms with E-state index >= 15 is 0 Å². The Morgan fingerprint density at radius 2 is 1.95 bits per heavy atom. The van der Waals surface area contributed by atoms with E-state index in [2.05, 4.69) is 6.92 Å². The molecule has 1 fully saturated rings. The zero-order valence-corrected chi connectivity index (χ0v) is 11.9. The summed E-state index contributed by atoms with van der Waals surface area (Å²) in [6.45, 7) is 2.28. The van der Waals surface area contributed by atoms with E-state index in [1.165, 1.54) is 18.9 Å². The predicted octanol–water partition coefficient (Wildman–Crippen LogP) is 4.90. The summed E-state index contributed by atoms with van der Waals surface area (Å²) in [6.07, 6.45) is 4.24. The van der Waals surface area contributed by atoms with Gasteiger partial charge >= 0.3 is 0 Å². The van der Waals surface area contributed by atoms with Gasteiger partial charge in [-0.05, 0) is 54.3 Å². The highest BCUT2D eigenvalue weighted by Gasteiger charge is 2.26. The molecular weight excluding hydrogens is 259 g/mol. The van der Waals surface area contributed by atoms with Gasteiger partial charge in [0.05, 0.1) is 6.10 Å². The summed E-state index contributed by atoms with van der Waals surface area (Å²) in [4.78, 5) is 0.986. The van der Waals surface area contributed by atoms with Crippen LogP contribution in [0.4, 0.5) is 4.39 Å². The van der Waals surface area contributed by atoms with Gasteiger partial charge in [0.1, 0.15) is 5.82 Å². The standard InChI is InChI=1S/C16H19FOS/c1-10-2-4-11(5-3-10)16(18)15-9-12-8-13(17)6-7-14(12)19-15/h6-11,16,18H,2-5H2,1H3. The number of halogens is 1. The van der Waals surface area contributed by atoms with Crippen molar-refractivity contribution in [1.29, 1.82) is 0 Å². The molecule has 0 radical (unpaired) electrons. The van der Waals surface area contributed by atoms with Gasteiger partial charge in [-0.15, -0.1) is 11.3 Å². The Bertz CT molecular complexity index is 569. The second kappa shape index (κ2) is 5.22. The van der Waals surface area contributed by atoms with Gasteiger partial charge in [0.2, 0.25) is 0 Å². The smallest absolute Gasteiger partial charge is 0.123 e. The number of hydrogen-bond acceptors (Lipinski definition) is 2. The van der Waals surface area contributed by atoms with Gasteiger partial charge in [-0.2, -0.15) is 0 Å². The summed E-state index contributed by atoms with van der Waals surface area (Å²) in [6, 6.07) is 6.78. The lowest BCUT2D eigenvalue weighted by Gasteiger charge is -2.29. The molecular formula is C16H19FOS. The fourth-order valence-corrected chi connectivity index (χ4v) is 4.14. The summed E-state index contributed by atoms with van der Waals surface area (Å²) >= 11 is 1.59. The van der Waals surface area contributed by atoms with Crippen LogP contribution >= 0.6 is 11.3 Å². The molecule has 0 aliphatic heterocycles. The fraction of sp³-hybridized carbons (Fsp3) is 0.500. The molecule has 1 unspecified atom stereocenters. The molecule has 1 atom stereocenters. The number of aliphatic hydroxyl groups is 1. The molecule has 1 aromatic carbocycles. The Morgan fingerprint density at radius 1 is 1.21 bits per heavy atom. The third-order valence-electron chi connectivity index (χ3n) is 4.30. The average Bonchev–Trinajstić information content (AvgIpc) is 2.81. The molecule has 0 saturated heterocycles. The first-order chi connectivity index (χ1) is 9.13. The number of fused-ring (bicyclic) bond motifs is 1. The van der Waals surface area contributed by atoms with Crippen LogP contribution in [0, 0.1) is 17.7 Å². The maximum atomic E-state index is 13.2. The Balaban J connectivity index is 1.83. The predicted molar refractivity (Wildman–Crippen MR) is 77.9 cm³/mol. The van der Waals surface area contributed by atoms with E-state index in [0.29, 0.717) is 5.92 Å². The van der Waals surface area contributed by atoms with Crippen molar-refractivity contribution in [1.82, 2.24) is 0 Å². The number of thiophene rings is 1. The van der Waals surface area contributed by atoms with Crippen LogP contribution in [0.5, 0.6) is 0 Å². The minimum atomic E-state index is -0.382. The quantitative estimate of drug-likeness (QED) is 0.828. The van der Waals surface area contributed by atoms with Gasteiger partial charge in [0.25, 0.3) is 0 Å². The van der Waals surface area contributed by atoms with Crippen LogP contribution in [-0.4, -0.2) is 5.11 Å². The monoisotopic (exact) mass is 278 g/mol. The van der Waals surface area contributed by atoms with Gasteiger partial charge in [0, 0.05) is 9.58 Å². The van der Waals surface area contributed by atoms with Crippen LogP contribution in [0.25, 0.3) is 10.1 Å². The normalized spacial score (nSPS) is 25.6. The molecule has 1 saturated carbocycles. The van der Waals surface area contributed by atoms with Gasteiger partial charge < -0.3 is 5.11 Å². The van der Waals surface area contributed by atoms with Crippen molar-refractivity contribution in [2.45, 2.75) is 38.7 Å². The van der Waals surface area contributed by atoms with Crippen LogP contribution in [0.15, 0.2) is 24.3 Å². The third-order valence-corrected chi connectivity index (χ3v) is 5.48. The highest BCUT2D eigenvalue weighted by atomic mass is 32.1. The topological polar surface area (TPSA) is 20.2 Å². The van der Waals surface area contributed by atoms with Crippen LogP contribution in [0.1, 0.15) is 43.6 Å². The van der Waals surface area contributed by atoms with Crippen molar-refractivity contribution >= 4 is 21.4 Å². The van der Waals surface area contributed by atoms with Crippen LogP contribution in [0.2, 0.25) is 0 Å². The summed E-state index contributed by atoms with van der Waals surface area (Å²) in [5.74, 6) is 0.951. The van der Waals surface area contributed by atoms with E-state index in [4.69, 9.17) is 0 Å². The van der Waals surface area contributed by atoms with E-state index < -0.39 is 0 Å². The van der Waals surface area contributed by atoms with Gasteiger partial charge in [-0.3, -0.25) is 0 Å². The highest BCUT2D eigenvalue weighted by molar-refractivity contribution is 7.19. The first-order valence-corrected chi connectivity index (χ1v) is 7.82. The SMILES string of the molecule is CC1CCC(C(O)c2cc3cc(F)ccc3s2)CC1. The average molecular weight is 278 g/mol. The largest absolute Gasteiger partial charge is 0.387 e. The lowest BCUT2D eigenvalue weighted by Crippen LogP contribution is -2.18. The van der Waals surface area contributed by atoms with E-state index in [1.54, 1.807) is 23.5 Å². The van der Waals surface area contributed by atoms with Gasteiger partial charge in [0.15, 0.2) is 0 Å². The van der Waals surface area contributed by atoms with Crippen molar-refractivity contribution in [3.8, 4) is 0 Å². The molecule has 102 valence electrons. The molecule has 1 nitrogen and oxygen atoms in total. The van der Waals surface area contributed by atoms with Crippen molar-refractivity contribution in [3.05, 3.63) is 35.0 Å². The first-order valence-electron chi connectivity index (χ1n) is 7.00. The Morgan fingerprint density at radius 3 is 2.68 bits per heavy atom. The molecule has 1 aliphatic carbocycles. The first kappa shape index (κ1) is 13.1. The zero-order valence-electron chi connectivity index (χ0n) is 11.1. The van der Waals surface area contributed by atoms with E-state index in [-0.39, 0.29) is 11.9 Å². The van der Waals surface area contributed by atoms with E-state index in [1.807, 2.05) is 6.07 Å². The molecule has 19 heavy (non-hydrogen) atoms. The summed E-state index contributed by atoms with van der Waals surface area (Å²) in [7, 11) is 0. The second-order valence-corrected chi connectivity index (χ2v) is 6.91. The van der Waals surface area contributed by atoms with Crippen molar-refractivity contribution < 1.29 is 9.50 Å². The Hall–Kier alpha value is -0.930. The molecule has 2 aromatic rings. The molecule has 1 heterocycles. The minimum Gasteiger partial charge on any atom is -0.387 e. The number of benzene rings is 1. The molecule has 1 aliphatic rings. The van der Waals surface area contributed by atoms with Crippen LogP contribution in [-0.2, 0) is 0 Å². The van der Waals surface area contributed by atoms with E-state index in [0.717, 1.165) is 33.7 Å². The molecule has 0 amide bonds. The zero-order chi connectivity index (χ0) is 13.4. The molecule has 3 heteroatoms. The van der Waals surface area contributed by atoms with E-state index in [9.17, 15) is 9.50 Å². The second-order valence-electron chi connectivity index (χ2n) is 5.80. The maximum Gasteiger partial charge on any atom is 0.123 e. The van der Waals surface area contributed by atoms with Crippen molar-refractivity contribution in [2.75, 3.05) is 0 Å². The third kappa shape index (κ3) is 2.67. The molecule has 1 aromatic heterocycles. The molecule has 0 spiro atoms. The van der Waals surface area contributed by atoms with Crippen molar-refractivity contribution in [3.63, 3.8) is 0 Å². The maximum absolute atomic E-state index is 13.2. The number of aliphatic hydroxyl groups excluding tert-OH is 1. The lowest BCUT2D eigenvalue weighted by atomic mass is 9.80.